The Morgan fingerprint density at radius 1 is 1.26 bits per heavy atom. The van der Waals surface area contributed by atoms with E-state index in [0.29, 0.717) is 5.82 Å². The summed E-state index contributed by atoms with van der Waals surface area (Å²) in [6.07, 6.45) is -0.0634. The van der Waals surface area contributed by atoms with Crippen molar-refractivity contribution >= 4 is 11.8 Å². The third-order valence-corrected chi connectivity index (χ3v) is 3.02. The van der Waals surface area contributed by atoms with Crippen molar-refractivity contribution in [1.82, 2.24) is 9.97 Å². The molecule has 0 bridgehead atoms. The molecule has 122 valence electrons. The predicted octanol–water partition coefficient (Wildman–Crippen LogP) is 2.68. The quantitative estimate of drug-likeness (QED) is 0.791. The number of benzene rings is 1. The van der Waals surface area contributed by atoms with E-state index in [1.54, 1.807) is 7.05 Å². The number of aromatic nitrogens is 2. The van der Waals surface area contributed by atoms with Crippen LogP contribution in [0.15, 0.2) is 42.9 Å². The molecule has 0 radical (unpaired) electrons. The molecule has 0 saturated heterocycles. The van der Waals surface area contributed by atoms with Gasteiger partial charge in [0.25, 0.3) is 0 Å². The maximum Gasteiger partial charge on any atom is 0.416 e. The summed E-state index contributed by atoms with van der Waals surface area (Å²) in [4.78, 5) is 21.1. The number of nitrogens with zero attached hydrogens (tertiary/aromatic N) is 3. The van der Waals surface area contributed by atoms with Gasteiger partial charge in [-0.15, -0.1) is 0 Å². The van der Waals surface area contributed by atoms with Gasteiger partial charge in [-0.05, 0) is 6.07 Å². The monoisotopic (exact) mass is 325 g/mol. The van der Waals surface area contributed by atoms with Crippen molar-refractivity contribution < 1.29 is 22.7 Å². The Morgan fingerprint density at radius 2 is 2.00 bits per heavy atom. The number of carbonyl (C=O) groups excluding carboxylic acids is 1. The molecule has 0 N–H and O–H groups in total. The van der Waals surface area contributed by atoms with E-state index in [2.05, 4.69) is 9.97 Å². The number of ether oxygens (including phenoxy) is 1. The Balaban J connectivity index is 1.95. The molecular weight excluding hydrogens is 311 g/mol. The van der Waals surface area contributed by atoms with E-state index in [0.717, 1.165) is 6.07 Å². The van der Waals surface area contributed by atoms with Crippen molar-refractivity contribution in [3.8, 4) is 0 Å². The minimum absolute atomic E-state index is 0.0875. The van der Waals surface area contributed by atoms with E-state index in [9.17, 15) is 18.0 Å². The molecule has 8 heteroatoms. The summed E-state index contributed by atoms with van der Waals surface area (Å²) in [7, 11) is 1.61. The summed E-state index contributed by atoms with van der Waals surface area (Å²) in [6.45, 7) is -0.588. The number of halogens is 3. The average Bonchev–Trinajstić information content (AvgIpc) is 2.53. The third kappa shape index (κ3) is 4.67. The number of carbonyl (C=O) groups is 1. The second-order valence-corrected chi connectivity index (χ2v) is 4.74. The highest BCUT2D eigenvalue weighted by molar-refractivity contribution is 5.75. The summed E-state index contributed by atoms with van der Waals surface area (Å²) in [6, 6.07) is 4.98. The van der Waals surface area contributed by atoms with Crippen LogP contribution in [0.5, 0.6) is 0 Å². The van der Waals surface area contributed by atoms with Gasteiger partial charge in [0.1, 0.15) is 19.0 Å². The van der Waals surface area contributed by atoms with Gasteiger partial charge in [-0.3, -0.25) is 9.78 Å². The topological polar surface area (TPSA) is 55.3 Å². The van der Waals surface area contributed by atoms with Crippen molar-refractivity contribution in [3.63, 3.8) is 0 Å². The Bertz CT molecular complexity index is 663. The van der Waals surface area contributed by atoms with Crippen LogP contribution < -0.4 is 4.90 Å². The molecule has 0 unspecified atom stereocenters. The fourth-order valence-corrected chi connectivity index (χ4v) is 1.89. The molecule has 0 saturated carbocycles. The molecule has 0 amide bonds. The van der Waals surface area contributed by atoms with Crippen LogP contribution in [-0.2, 0) is 22.3 Å². The van der Waals surface area contributed by atoms with Crippen LogP contribution in [0.4, 0.5) is 19.0 Å². The number of alkyl halides is 3. The molecule has 1 aromatic heterocycles. The number of esters is 1. The van der Waals surface area contributed by atoms with E-state index in [1.807, 2.05) is 0 Å². The van der Waals surface area contributed by atoms with Crippen LogP contribution in [0.1, 0.15) is 11.1 Å². The number of anilines is 1. The van der Waals surface area contributed by atoms with Gasteiger partial charge < -0.3 is 9.64 Å². The van der Waals surface area contributed by atoms with Gasteiger partial charge in [0.15, 0.2) is 0 Å². The first-order valence-corrected chi connectivity index (χ1v) is 6.66. The van der Waals surface area contributed by atoms with Gasteiger partial charge in [0.2, 0.25) is 0 Å². The molecule has 0 fully saturated rings. The fraction of sp³-hybridized carbons (Fsp3) is 0.267. The lowest BCUT2D eigenvalue weighted by Gasteiger charge is -2.17. The number of hydrogen-bond donors (Lipinski definition) is 0. The van der Waals surface area contributed by atoms with Gasteiger partial charge in [-0.2, -0.15) is 13.2 Å². The molecular formula is C15H14F3N3O2. The minimum atomic E-state index is -4.49. The maximum atomic E-state index is 12.8. The van der Waals surface area contributed by atoms with E-state index >= 15 is 0 Å². The maximum absolute atomic E-state index is 12.8. The highest BCUT2D eigenvalue weighted by Crippen LogP contribution is 2.32. The molecule has 5 nitrogen and oxygen atoms in total. The molecule has 0 atom stereocenters. The minimum Gasteiger partial charge on any atom is -0.459 e. The van der Waals surface area contributed by atoms with Crippen LogP contribution >= 0.6 is 0 Å². The zero-order chi connectivity index (χ0) is 16.9. The zero-order valence-electron chi connectivity index (χ0n) is 12.2. The standard InChI is InChI=1S/C15H14F3N3O2/c1-21(13-8-19-6-7-20-13)9-14(22)23-10-11-4-2-3-5-12(11)15(16,17)18/h2-8H,9-10H2,1H3. The molecule has 0 aliphatic rings. The largest absolute Gasteiger partial charge is 0.459 e. The van der Waals surface area contributed by atoms with E-state index in [1.165, 1.54) is 41.7 Å². The van der Waals surface area contributed by atoms with Gasteiger partial charge in [0.05, 0.1) is 11.8 Å². The van der Waals surface area contributed by atoms with Crippen LogP contribution in [0, 0.1) is 0 Å². The van der Waals surface area contributed by atoms with Gasteiger partial charge in [0, 0.05) is 25.0 Å². The lowest BCUT2D eigenvalue weighted by atomic mass is 10.1. The Kier molecular flexibility index (Phi) is 5.15. The summed E-state index contributed by atoms with van der Waals surface area (Å²) in [5, 5.41) is 0. The van der Waals surface area contributed by atoms with Crippen LogP contribution in [0.25, 0.3) is 0 Å². The Labute approximate surface area is 130 Å². The van der Waals surface area contributed by atoms with Crippen molar-refractivity contribution in [2.75, 3.05) is 18.5 Å². The lowest BCUT2D eigenvalue weighted by molar-refractivity contribution is -0.146. The van der Waals surface area contributed by atoms with E-state index in [-0.39, 0.29) is 12.1 Å². The Morgan fingerprint density at radius 3 is 2.65 bits per heavy atom. The zero-order valence-corrected chi connectivity index (χ0v) is 12.2. The molecule has 2 rings (SSSR count). The van der Waals surface area contributed by atoms with Crippen LogP contribution in [0.3, 0.4) is 0 Å². The normalized spacial score (nSPS) is 11.1. The smallest absolute Gasteiger partial charge is 0.416 e. The molecule has 0 aliphatic heterocycles. The van der Waals surface area contributed by atoms with Crippen molar-refractivity contribution in [3.05, 3.63) is 54.0 Å². The van der Waals surface area contributed by atoms with E-state index < -0.39 is 24.3 Å². The Hall–Kier alpha value is -2.64. The van der Waals surface area contributed by atoms with Gasteiger partial charge in [-0.25, -0.2) is 4.98 Å². The van der Waals surface area contributed by atoms with Gasteiger partial charge in [-0.1, -0.05) is 18.2 Å². The van der Waals surface area contributed by atoms with Crippen molar-refractivity contribution in [1.29, 1.82) is 0 Å². The van der Waals surface area contributed by atoms with Crippen molar-refractivity contribution in [2.45, 2.75) is 12.8 Å². The summed E-state index contributed by atoms with van der Waals surface area (Å²) in [5.41, 5.74) is -0.898. The van der Waals surface area contributed by atoms with E-state index in [4.69, 9.17) is 4.74 Å². The molecule has 23 heavy (non-hydrogen) atoms. The number of rotatable bonds is 5. The molecule has 0 aliphatic carbocycles. The average molecular weight is 325 g/mol. The highest BCUT2D eigenvalue weighted by Gasteiger charge is 2.33. The molecule has 1 aromatic carbocycles. The second kappa shape index (κ2) is 7.08. The SMILES string of the molecule is CN(CC(=O)OCc1ccccc1C(F)(F)F)c1cnccn1. The highest BCUT2D eigenvalue weighted by atomic mass is 19.4. The molecule has 1 heterocycles. The summed E-state index contributed by atoms with van der Waals surface area (Å²) < 4.78 is 43.4. The van der Waals surface area contributed by atoms with Crippen LogP contribution in [0.2, 0.25) is 0 Å². The second-order valence-electron chi connectivity index (χ2n) is 4.74. The first-order chi connectivity index (χ1) is 10.9. The summed E-state index contributed by atoms with van der Waals surface area (Å²) in [5.74, 6) is -0.199. The predicted molar refractivity (Wildman–Crippen MR) is 76.5 cm³/mol. The van der Waals surface area contributed by atoms with Crippen molar-refractivity contribution in [2.24, 2.45) is 0 Å². The third-order valence-electron chi connectivity index (χ3n) is 3.02. The first kappa shape index (κ1) is 16.7. The lowest BCUT2D eigenvalue weighted by Crippen LogP contribution is -2.28. The summed E-state index contributed by atoms with van der Waals surface area (Å²) >= 11 is 0. The fourth-order valence-electron chi connectivity index (χ4n) is 1.89. The van der Waals surface area contributed by atoms with Crippen LogP contribution in [-0.4, -0.2) is 29.5 Å². The molecule has 2 aromatic rings. The number of likely N-dealkylation sites (N-methyl/N-ethyl adjacent to an activating group) is 1. The molecule has 0 spiro atoms. The van der Waals surface area contributed by atoms with Gasteiger partial charge >= 0.3 is 12.1 Å². The number of hydrogen-bond acceptors (Lipinski definition) is 5. The first-order valence-electron chi connectivity index (χ1n) is 6.66.